The third-order valence-electron chi connectivity index (χ3n) is 7.44. The Morgan fingerprint density at radius 1 is 0.395 bits per heavy atom. The fourth-order valence-electron chi connectivity index (χ4n) is 5.38. The van der Waals surface area contributed by atoms with Gasteiger partial charge in [-0.15, -0.1) is 0 Å². The van der Waals surface area contributed by atoms with Crippen LogP contribution >= 0.6 is 0 Å². The van der Waals surface area contributed by atoms with Crippen molar-refractivity contribution in [2.24, 2.45) is 0 Å². The lowest BCUT2D eigenvalue weighted by Crippen LogP contribution is -2.36. The van der Waals surface area contributed by atoms with Crippen LogP contribution in [0.4, 0.5) is 0 Å². The van der Waals surface area contributed by atoms with Crippen LogP contribution in [0.3, 0.4) is 0 Å². The minimum atomic E-state index is -0.0569. The molecule has 0 saturated heterocycles. The largest absolute Gasteiger partial charge is 0.872 e. The summed E-state index contributed by atoms with van der Waals surface area (Å²) >= 11 is 0. The summed E-state index contributed by atoms with van der Waals surface area (Å²) in [5, 5.41) is 14.0. The molecule has 5 aromatic heterocycles. The molecule has 0 fully saturated rings. The van der Waals surface area contributed by atoms with E-state index in [1.165, 1.54) is 0 Å². The number of hydrogen-bond acceptors (Lipinski definition) is 5. The third kappa shape index (κ3) is 5.13. The van der Waals surface area contributed by atoms with Crippen molar-refractivity contribution in [2.45, 2.75) is 0 Å². The molecule has 0 aliphatic rings. The molecule has 43 heavy (non-hydrogen) atoms. The van der Waals surface area contributed by atoms with Crippen LogP contribution in [-0.4, -0.2) is 19.9 Å². The average molecular weight is 556 g/mol. The summed E-state index contributed by atoms with van der Waals surface area (Å²) < 4.78 is 2.21. The molecule has 0 unspecified atom stereocenters. The molecule has 0 aliphatic carbocycles. The van der Waals surface area contributed by atoms with Crippen LogP contribution in [0.1, 0.15) is 0 Å². The summed E-state index contributed by atoms with van der Waals surface area (Å²) in [7, 11) is 0. The minimum Gasteiger partial charge on any atom is -0.872 e. The molecule has 0 N–H and O–H groups in total. The normalized spacial score (nSPS) is 10.9. The van der Waals surface area contributed by atoms with E-state index in [0.717, 1.165) is 50.5 Å². The van der Waals surface area contributed by atoms with Gasteiger partial charge in [0.2, 0.25) is 17.1 Å². The topological polar surface area (TPSA) is 78.5 Å². The Labute approximate surface area is 249 Å². The minimum absolute atomic E-state index is 0.0569. The highest BCUT2D eigenvalue weighted by atomic mass is 16.3. The molecule has 6 nitrogen and oxygen atoms in total. The van der Waals surface area contributed by atoms with Gasteiger partial charge in [-0.1, -0.05) is 36.1 Å². The molecule has 7 rings (SSSR count). The van der Waals surface area contributed by atoms with Crippen molar-refractivity contribution in [3.63, 3.8) is 0 Å². The fourth-order valence-corrected chi connectivity index (χ4v) is 5.38. The second-order valence-corrected chi connectivity index (χ2v) is 10.0. The number of hydrogen-bond donors (Lipinski definition) is 0. The van der Waals surface area contributed by atoms with E-state index in [0.29, 0.717) is 11.1 Å². The lowest BCUT2D eigenvalue weighted by molar-refractivity contribution is -0.572. The molecule has 0 atom stereocenters. The van der Waals surface area contributed by atoms with Gasteiger partial charge in [-0.3, -0.25) is 19.9 Å². The highest BCUT2D eigenvalue weighted by molar-refractivity contribution is 5.83. The Morgan fingerprint density at radius 3 is 1.21 bits per heavy atom. The second kappa shape index (κ2) is 11.5. The van der Waals surface area contributed by atoms with Gasteiger partial charge in [-0.05, 0) is 81.9 Å². The van der Waals surface area contributed by atoms with Crippen LogP contribution in [0.2, 0.25) is 0 Å². The number of nitrogens with zero attached hydrogens (tertiary/aromatic N) is 5. The molecule has 0 amide bonds. The average Bonchev–Trinajstić information content (AvgIpc) is 3.10. The first kappa shape index (κ1) is 25.9. The van der Waals surface area contributed by atoms with Gasteiger partial charge in [0.1, 0.15) is 0 Å². The maximum Gasteiger partial charge on any atom is 0.219 e. The van der Waals surface area contributed by atoms with Gasteiger partial charge in [0, 0.05) is 85.0 Å². The lowest BCUT2D eigenvalue weighted by atomic mass is 9.95. The Bertz CT molecular complexity index is 1880. The Balaban J connectivity index is 1.60. The van der Waals surface area contributed by atoms with E-state index in [1.807, 2.05) is 78.9 Å². The van der Waals surface area contributed by atoms with E-state index in [4.69, 9.17) is 0 Å². The second-order valence-electron chi connectivity index (χ2n) is 10.0. The molecule has 204 valence electrons. The lowest BCUT2D eigenvalue weighted by Gasteiger charge is -2.21. The standard InChI is InChI=1S/C37H25N5O/c43-37-33(27-6-14-38-15-7-27)24-32(25-34(37)28-8-16-39-17-9-28)42-35(29-10-18-40-19-11-29)22-31(26-4-2-1-3-5-26)23-36(42)30-12-20-41-21-13-30/h1-25H. The van der Waals surface area contributed by atoms with Crippen molar-refractivity contribution in [1.29, 1.82) is 0 Å². The van der Waals surface area contributed by atoms with E-state index in [-0.39, 0.29) is 5.75 Å². The van der Waals surface area contributed by atoms with Gasteiger partial charge in [0.25, 0.3) is 0 Å². The van der Waals surface area contributed by atoms with Gasteiger partial charge < -0.3 is 5.11 Å². The number of pyridine rings is 5. The zero-order valence-corrected chi connectivity index (χ0v) is 23.1. The molecular formula is C37H25N5O. The Hall–Kier alpha value is -6.01. The van der Waals surface area contributed by atoms with Crippen molar-refractivity contribution in [3.8, 4) is 67.3 Å². The van der Waals surface area contributed by atoms with Crippen molar-refractivity contribution < 1.29 is 9.67 Å². The van der Waals surface area contributed by atoms with Gasteiger partial charge in [0.15, 0.2) is 0 Å². The predicted molar refractivity (Wildman–Crippen MR) is 166 cm³/mol. The van der Waals surface area contributed by atoms with Crippen LogP contribution in [0.5, 0.6) is 5.75 Å². The van der Waals surface area contributed by atoms with Gasteiger partial charge in [-0.25, -0.2) is 0 Å². The molecule has 2 aromatic carbocycles. The highest BCUT2D eigenvalue weighted by Gasteiger charge is 2.26. The van der Waals surface area contributed by atoms with Gasteiger partial charge >= 0.3 is 0 Å². The first-order valence-corrected chi connectivity index (χ1v) is 13.9. The fraction of sp³-hybridized carbons (Fsp3) is 0. The summed E-state index contributed by atoms with van der Waals surface area (Å²) in [5.74, 6) is -0.0569. The van der Waals surface area contributed by atoms with Crippen LogP contribution in [0.25, 0.3) is 61.6 Å². The first-order chi connectivity index (χ1) is 21.3. The third-order valence-corrected chi connectivity index (χ3v) is 7.44. The summed E-state index contributed by atoms with van der Waals surface area (Å²) in [6.45, 7) is 0. The highest BCUT2D eigenvalue weighted by Crippen LogP contribution is 2.39. The Morgan fingerprint density at radius 2 is 0.791 bits per heavy atom. The zero-order chi connectivity index (χ0) is 29.0. The first-order valence-electron chi connectivity index (χ1n) is 13.9. The van der Waals surface area contributed by atoms with Crippen molar-refractivity contribution in [1.82, 2.24) is 19.9 Å². The molecule has 0 saturated carbocycles. The number of aromatic nitrogens is 5. The van der Waals surface area contributed by atoms with Gasteiger partial charge in [0.05, 0.1) is 0 Å². The molecule has 0 bridgehead atoms. The molecule has 7 aromatic rings. The van der Waals surface area contributed by atoms with Gasteiger partial charge in [-0.2, -0.15) is 4.57 Å². The van der Waals surface area contributed by atoms with Crippen LogP contribution in [0.15, 0.2) is 153 Å². The van der Waals surface area contributed by atoms with E-state index >= 15 is 0 Å². The van der Waals surface area contributed by atoms with Crippen molar-refractivity contribution in [2.75, 3.05) is 0 Å². The quantitative estimate of drug-likeness (QED) is 0.208. The summed E-state index contributed by atoms with van der Waals surface area (Å²) in [5.41, 5.74) is 9.69. The van der Waals surface area contributed by atoms with E-state index in [9.17, 15) is 5.11 Å². The zero-order valence-electron chi connectivity index (χ0n) is 23.1. The molecule has 0 radical (unpaired) electrons. The maximum atomic E-state index is 14.0. The number of benzene rings is 2. The van der Waals surface area contributed by atoms with E-state index in [1.54, 1.807) is 49.6 Å². The molecule has 5 heterocycles. The van der Waals surface area contributed by atoms with Crippen molar-refractivity contribution >= 4 is 0 Å². The predicted octanol–water partition coefficient (Wildman–Crippen LogP) is 6.95. The summed E-state index contributed by atoms with van der Waals surface area (Å²) in [6, 6.07) is 34.2. The monoisotopic (exact) mass is 555 g/mol. The van der Waals surface area contributed by atoms with Crippen LogP contribution in [0, 0.1) is 0 Å². The van der Waals surface area contributed by atoms with Crippen molar-refractivity contribution in [3.05, 3.63) is 153 Å². The maximum absolute atomic E-state index is 14.0. The SMILES string of the molecule is [O-]c1c(-c2ccncc2)cc(-[n+]2c(-c3ccncc3)cc(-c3ccccc3)cc2-c2ccncc2)cc1-c1ccncc1. The van der Waals surface area contributed by atoms with Crippen LogP contribution in [-0.2, 0) is 0 Å². The Kier molecular flexibility index (Phi) is 6.91. The molecule has 0 spiro atoms. The summed E-state index contributed by atoms with van der Waals surface area (Å²) in [6.07, 6.45) is 14.0. The molecule has 6 heteroatoms. The van der Waals surface area contributed by atoms with E-state index < -0.39 is 0 Å². The van der Waals surface area contributed by atoms with Crippen LogP contribution < -0.4 is 9.67 Å². The van der Waals surface area contributed by atoms with E-state index in [2.05, 4.69) is 48.8 Å². The number of rotatable bonds is 6. The summed E-state index contributed by atoms with van der Waals surface area (Å²) in [4.78, 5) is 16.9. The smallest absolute Gasteiger partial charge is 0.219 e. The molecule has 0 aliphatic heterocycles. The molecular weight excluding hydrogens is 530 g/mol.